The molecule has 0 saturated carbocycles. The van der Waals surface area contributed by atoms with Gasteiger partial charge < -0.3 is 14.8 Å². The maximum atomic E-state index is 12.4. The van der Waals surface area contributed by atoms with Crippen molar-refractivity contribution in [3.63, 3.8) is 0 Å². The van der Waals surface area contributed by atoms with Crippen LogP contribution in [0.2, 0.25) is 0 Å². The highest BCUT2D eigenvalue weighted by Crippen LogP contribution is 2.23. The molecule has 134 valence electrons. The van der Waals surface area contributed by atoms with E-state index in [-0.39, 0.29) is 17.9 Å². The zero-order valence-electron chi connectivity index (χ0n) is 15.4. The molecule has 0 fully saturated rings. The number of amides is 1. The fourth-order valence-corrected chi connectivity index (χ4v) is 2.59. The van der Waals surface area contributed by atoms with Crippen molar-refractivity contribution in [3.05, 3.63) is 59.7 Å². The molecule has 0 spiro atoms. The van der Waals surface area contributed by atoms with E-state index >= 15 is 0 Å². The Bertz CT molecular complexity index is 665. The molecule has 2 atom stereocenters. The molecule has 0 aliphatic heterocycles. The number of rotatable bonds is 8. The zero-order chi connectivity index (χ0) is 18.2. The Morgan fingerprint density at radius 3 is 1.96 bits per heavy atom. The predicted octanol–water partition coefficient (Wildman–Crippen LogP) is 4.15. The minimum Gasteiger partial charge on any atom is -0.497 e. The first kappa shape index (κ1) is 18.8. The van der Waals surface area contributed by atoms with Crippen molar-refractivity contribution in [1.29, 1.82) is 0 Å². The van der Waals surface area contributed by atoms with Crippen LogP contribution in [0.25, 0.3) is 0 Å². The summed E-state index contributed by atoms with van der Waals surface area (Å²) in [7, 11) is 3.30. The minimum atomic E-state index is -0.0826. The quantitative estimate of drug-likeness (QED) is 0.784. The van der Waals surface area contributed by atoms with Crippen molar-refractivity contribution < 1.29 is 14.3 Å². The molecule has 2 aromatic rings. The highest BCUT2D eigenvalue weighted by Gasteiger charge is 2.18. The molecule has 0 bridgehead atoms. The maximum absolute atomic E-state index is 12.4. The van der Waals surface area contributed by atoms with Gasteiger partial charge in [-0.3, -0.25) is 4.79 Å². The Labute approximate surface area is 150 Å². The molecule has 2 aromatic carbocycles. The molecular weight excluding hydrogens is 314 g/mol. The van der Waals surface area contributed by atoms with Gasteiger partial charge in [0.2, 0.25) is 5.91 Å². The first-order valence-corrected chi connectivity index (χ1v) is 8.64. The van der Waals surface area contributed by atoms with Gasteiger partial charge in [-0.1, -0.05) is 38.1 Å². The van der Waals surface area contributed by atoms with Crippen LogP contribution in [0, 0.1) is 5.92 Å². The molecule has 25 heavy (non-hydrogen) atoms. The Hall–Kier alpha value is -2.49. The van der Waals surface area contributed by atoms with Crippen LogP contribution in [-0.4, -0.2) is 20.1 Å². The average Bonchev–Trinajstić information content (AvgIpc) is 2.67. The number of ether oxygens (including phenoxy) is 2. The molecule has 0 aliphatic carbocycles. The molecular formula is C21H27NO3. The number of carbonyl (C=O) groups excluding carboxylic acids is 1. The van der Waals surface area contributed by atoms with Gasteiger partial charge in [-0.2, -0.15) is 0 Å². The second kappa shape index (κ2) is 9.11. The van der Waals surface area contributed by atoms with E-state index in [9.17, 15) is 4.79 Å². The minimum absolute atomic E-state index is 0.00313. The molecule has 0 aromatic heterocycles. The van der Waals surface area contributed by atoms with Crippen molar-refractivity contribution in [2.45, 2.75) is 32.7 Å². The van der Waals surface area contributed by atoms with Crippen LogP contribution in [-0.2, 0) is 11.2 Å². The summed E-state index contributed by atoms with van der Waals surface area (Å²) in [4.78, 5) is 12.4. The molecule has 4 nitrogen and oxygen atoms in total. The Balaban J connectivity index is 2.21. The second-order valence-corrected chi connectivity index (χ2v) is 6.20. The van der Waals surface area contributed by atoms with Gasteiger partial charge in [0.05, 0.1) is 20.3 Å². The predicted molar refractivity (Wildman–Crippen MR) is 100 cm³/mol. The number of methoxy groups -OCH3 is 2. The first-order chi connectivity index (χ1) is 12.1. The van der Waals surface area contributed by atoms with Crippen LogP contribution in [0.1, 0.15) is 37.4 Å². The van der Waals surface area contributed by atoms with Crippen LogP contribution >= 0.6 is 0 Å². The van der Waals surface area contributed by atoms with Crippen molar-refractivity contribution in [3.8, 4) is 11.5 Å². The maximum Gasteiger partial charge on any atom is 0.223 e. The van der Waals surface area contributed by atoms with Gasteiger partial charge in [0.15, 0.2) is 0 Å². The van der Waals surface area contributed by atoms with Gasteiger partial charge in [-0.15, -0.1) is 0 Å². The lowest BCUT2D eigenvalue weighted by molar-refractivity contribution is -0.125. The number of benzene rings is 2. The normalized spacial score (nSPS) is 13.0. The van der Waals surface area contributed by atoms with E-state index in [4.69, 9.17) is 9.47 Å². The van der Waals surface area contributed by atoms with Crippen molar-refractivity contribution in [1.82, 2.24) is 5.32 Å². The van der Waals surface area contributed by atoms with Crippen LogP contribution in [0.3, 0.4) is 0 Å². The monoisotopic (exact) mass is 341 g/mol. The van der Waals surface area contributed by atoms with E-state index in [0.29, 0.717) is 0 Å². The number of hydrogen-bond acceptors (Lipinski definition) is 3. The molecule has 0 aliphatic rings. The van der Waals surface area contributed by atoms with Crippen LogP contribution in [0.15, 0.2) is 48.5 Å². The van der Waals surface area contributed by atoms with Crippen LogP contribution in [0.5, 0.6) is 11.5 Å². The number of carbonyl (C=O) groups is 1. The van der Waals surface area contributed by atoms with Crippen molar-refractivity contribution >= 4 is 5.91 Å². The van der Waals surface area contributed by atoms with E-state index in [0.717, 1.165) is 35.5 Å². The molecule has 2 unspecified atom stereocenters. The van der Waals surface area contributed by atoms with E-state index in [1.807, 2.05) is 62.4 Å². The molecule has 0 heterocycles. The topological polar surface area (TPSA) is 47.6 Å². The lowest BCUT2D eigenvalue weighted by atomic mass is 9.97. The average molecular weight is 341 g/mol. The lowest BCUT2D eigenvalue weighted by Gasteiger charge is -2.22. The summed E-state index contributed by atoms with van der Waals surface area (Å²) >= 11 is 0. The summed E-state index contributed by atoms with van der Waals surface area (Å²) in [6.07, 6.45) is 1.54. The highest BCUT2D eigenvalue weighted by atomic mass is 16.5. The van der Waals surface area contributed by atoms with Gasteiger partial charge in [0.1, 0.15) is 11.5 Å². The lowest BCUT2D eigenvalue weighted by Crippen LogP contribution is -2.33. The standard InChI is InChI=1S/C21H27NO3/c1-5-15(2)21(23)22-20(17-8-12-19(25-4)13-9-17)14-16-6-10-18(24-3)11-7-16/h6-13,15,20H,5,14H2,1-4H3,(H,22,23). The Kier molecular flexibility index (Phi) is 6.87. The molecule has 2 rings (SSSR count). The number of nitrogens with one attached hydrogen (secondary N) is 1. The van der Waals surface area contributed by atoms with E-state index < -0.39 is 0 Å². The fourth-order valence-electron chi connectivity index (χ4n) is 2.59. The summed E-state index contributed by atoms with van der Waals surface area (Å²) in [5.74, 6) is 1.71. The third-order valence-corrected chi connectivity index (χ3v) is 4.49. The fraction of sp³-hybridized carbons (Fsp3) is 0.381. The summed E-state index contributed by atoms with van der Waals surface area (Å²) in [5.41, 5.74) is 2.21. The summed E-state index contributed by atoms with van der Waals surface area (Å²) in [6.45, 7) is 3.98. The highest BCUT2D eigenvalue weighted by molar-refractivity contribution is 5.78. The van der Waals surface area contributed by atoms with Gasteiger partial charge in [-0.05, 0) is 48.2 Å². The summed E-state index contributed by atoms with van der Waals surface area (Å²) in [5, 5.41) is 3.19. The molecule has 0 radical (unpaired) electrons. The first-order valence-electron chi connectivity index (χ1n) is 8.64. The second-order valence-electron chi connectivity index (χ2n) is 6.20. The molecule has 1 N–H and O–H groups in total. The van der Waals surface area contributed by atoms with Crippen molar-refractivity contribution in [2.24, 2.45) is 5.92 Å². The zero-order valence-corrected chi connectivity index (χ0v) is 15.4. The SMILES string of the molecule is CCC(C)C(=O)NC(Cc1ccc(OC)cc1)c1ccc(OC)cc1. The van der Waals surface area contributed by atoms with Gasteiger partial charge in [-0.25, -0.2) is 0 Å². The van der Waals surface area contributed by atoms with E-state index in [1.54, 1.807) is 14.2 Å². The molecule has 4 heteroatoms. The van der Waals surface area contributed by atoms with Gasteiger partial charge >= 0.3 is 0 Å². The summed E-state index contributed by atoms with van der Waals surface area (Å²) in [6, 6.07) is 15.7. The Morgan fingerprint density at radius 1 is 0.960 bits per heavy atom. The van der Waals surface area contributed by atoms with Crippen LogP contribution < -0.4 is 14.8 Å². The van der Waals surface area contributed by atoms with Crippen LogP contribution in [0.4, 0.5) is 0 Å². The third kappa shape index (κ3) is 5.24. The number of hydrogen-bond donors (Lipinski definition) is 1. The molecule has 0 saturated heterocycles. The van der Waals surface area contributed by atoms with E-state index in [1.165, 1.54) is 0 Å². The van der Waals surface area contributed by atoms with E-state index in [2.05, 4.69) is 5.32 Å². The van der Waals surface area contributed by atoms with Gasteiger partial charge in [0, 0.05) is 5.92 Å². The summed E-state index contributed by atoms with van der Waals surface area (Å²) < 4.78 is 10.4. The molecule has 1 amide bonds. The Morgan fingerprint density at radius 2 is 1.48 bits per heavy atom. The smallest absolute Gasteiger partial charge is 0.223 e. The van der Waals surface area contributed by atoms with Crippen molar-refractivity contribution in [2.75, 3.05) is 14.2 Å². The largest absolute Gasteiger partial charge is 0.497 e. The van der Waals surface area contributed by atoms with Gasteiger partial charge in [0.25, 0.3) is 0 Å². The third-order valence-electron chi connectivity index (χ3n) is 4.49.